The number of rotatable bonds is 4. The summed E-state index contributed by atoms with van der Waals surface area (Å²) in [7, 11) is 0. The molecule has 0 saturated heterocycles. The summed E-state index contributed by atoms with van der Waals surface area (Å²) < 4.78 is 42.2. The van der Waals surface area contributed by atoms with Crippen LogP contribution in [0.4, 0.5) is 18.9 Å². The van der Waals surface area contributed by atoms with Gasteiger partial charge in [0, 0.05) is 15.6 Å². The second-order valence-corrected chi connectivity index (χ2v) is 5.93. The van der Waals surface area contributed by atoms with Gasteiger partial charge in [0.05, 0.1) is 10.5 Å². The SMILES string of the molecule is CCc1cc(F)c(F)c(Cc2ccc(I)cc2F)c1[N+](=O)[O-]. The van der Waals surface area contributed by atoms with E-state index in [9.17, 15) is 23.3 Å². The fourth-order valence-electron chi connectivity index (χ4n) is 2.24. The first kappa shape index (κ1) is 16.7. The van der Waals surface area contributed by atoms with Gasteiger partial charge < -0.3 is 0 Å². The molecule has 3 nitrogen and oxygen atoms in total. The maximum absolute atomic E-state index is 14.0. The molecule has 0 atom stereocenters. The number of nitrogens with zero attached hydrogens (tertiary/aromatic N) is 1. The van der Waals surface area contributed by atoms with Gasteiger partial charge in [-0.15, -0.1) is 0 Å². The van der Waals surface area contributed by atoms with Crippen molar-refractivity contribution >= 4 is 28.3 Å². The van der Waals surface area contributed by atoms with Gasteiger partial charge >= 0.3 is 0 Å². The Morgan fingerprint density at radius 3 is 2.36 bits per heavy atom. The molecule has 0 heterocycles. The maximum atomic E-state index is 14.0. The number of nitro groups is 1. The molecule has 0 aromatic heterocycles. The van der Waals surface area contributed by atoms with E-state index in [4.69, 9.17) is 0 Å². The van der Waals surface area contributed by atoms with Crippen molar-refractivity contribution < 1.29 is 18.1 Å². The lowest BCUT2D eigenvalue weighted by atomic mass is 9.98. The Balaban J connectivity index is 2.62. The van der Waals surface area contributed by atoms with Crippen LogP contribution in [0.3, 0.4) is 0 Å². The van der Waals surface area contributed by atoms with Gasteiger partial charge in [0.2, 0.25) is 0 Å². The van der Waals surface area contributed by atoms with Crippen molar-refractivity contribution in [2.24, 2.45) is 0 Å². The highest BCUT2D eigenvalue weighted by Gasteiger charge is 2.26. The predicted octanol–water partition coefficient (Wildman–Crippen LogP) is 4.77. The zero-order valence-electron chi connectivity index (χ0n) is 11.5. The standard InChI is InChI=1S/C15H11F3INO2/c1-2-8-6-13(17)14(18)11(15(8)20(21)22)5-9-3-4-10(19)7-12(9)16/h3-4,6-7H,2,5H2,1H3. The maximum Gasteiger partial charge on any atom is 0.279 e. The van der Waals surface area contributed by atoms with Crippen molar-refractivity contribution in [3.05, 3.63) is 72.1 Å². The highest BCUT2D eigenvalue weighted by atomic mass is 127. The van der Waals surface area contributed by atoms with Gasteiger partial charge in [-0.2, -0.15) is 0 Å². The molecular formula is C15H11F3INO2. The van der Waals surface area contributed by atoms with Crippen LogP contribution in [-0.2, 0) is 12.8 Å². The predicted molar refractivity (Wildman–Crippen MR) is 84.3 cm³/mol. The van der Waals surface area contributed by atoms with Crippen LogP contribution in [-0.4, -0.2) is 4.92 Å². The number of benzene rings is 2. The highest BCUT2D eigenvalue weighted by Crippen LogP contribution is 2.31. The van der Waals surface area contributed by atoms with Gasteiger partial charge in [-0.1, -0.05) is 13.0 Å². The lowest BCUT2D eigenvalue weighted by Crippen LogP contribution is -2.07. The van der Waals surface area contributed by atoms with Crippen LogP contribution in [0, 0.1) is 31.1 Å². The fraction of sp³-hybridized carbons (Fsp3) is 0.200. The normalized spacial score (nSPS) is 10.8. The molecule has 2 aromatic rings. The third kappa shape index (κ3) is 3.23. The van der Waals surface area contributed by atoms with Crippen molar-refractivity contribution in [2.75, 3.05) is 0 Å². The molecule has 2 rings (SSSR count). The molecule has 0 saturated carbocycles. The monoisotopic (exact) mass is 421 g/mol. The van der Waals surface area contributed by atoms with Crippen molar-refractivity contribution in [1.82, 2.24) is 0 Å². The molecule has 7 heteroatoms. The molecule has 0 aliphatic heterocycles. The summed E-state index contributed by atoms with van der Waals surface area (Å²) in [6.45, 7) is 1.61. The molecule has 0 aliphatic rings. The molecule has 0 aliphatic carbocycles. The van der Waals surface area contributed by atoms with E-state index in [1.54, 1.807) is 13.0 Å². The molecule has 116 valence electrons. The topological polar surface area (TPSA) is 43.1 Å². The summed E-state index contributed by atoms with van der Waals surface area (Å²) in [5.74, 6) is -3.08. The largest absolute Gasteiger partial charge is 0.279 e. The second-order valence-electron chi connectivity index (χ2n) is 4.68. The number of hydrogen-bond donors (Lipinski definition) is 0. The minimum atomic E-state index is -1.30. The summed E-state index contributed by atoms with van der Waals surface area (Å²) >= 11 is 1.91. The number of aryl methyl sites for hydroxylation is 1. The van der Waals surface area contributed by atoms with Gasteiger partial charge in [-0.3, -0.25) is 10.1 Å². The molecule has 0 bridgehead atoms. The van der Waals surface area contributed by atoms with E-state index in [2.05, 4.69) is 0 Å². The van der Waals surface area contributed by atoms with Gasteiger partial charge in [0.15, 0.2) is 11.6 Å². The van der Waals surface area contributed by atoms with Crippen LogP contribution in [0.2, 0.25) is 0 Å². The zero-order valence-corrected chi connectivity index (χ0v) is 13.7. The van der Waals surface area contributed by atoms with E-state index in [0.717, 1.165) is 6.07 Å². The summed E-state index contributed by atoms with van der Waals surface area (Å²) in [5, 5.41) is 11.2. The molecule has 0 N–H and O–H groups in total. The second kappa shape index (κ2) is 6.64. The number of hydrogen-bond acceptors (Lipinski definition) is 2. The highest BCUT2D eigenvalue weighted by molar-refractivity contribution is 14.1. The number of halogens is 4. The average molecular weight is 421 g/mol. The summed E-state index contributed by atoms with van der Waals surface area (Å²) in [5.41, 5.74) is -0.749. The van der Waals surface area contributed by atoms with Crippen molar-refractivity contribution in [2.45, 2.75) is 19.8 Å². The van der Waals surface area contributed by atoms with E-state index in [-0.39, 0.29) is 24.0 Å². The van der Waals surface area contributed by atoms with Gasteiger partial charge in [0.1, 0.15) is 5.82 Å². The van der Waals surface area contributed by atoms with Gasteiger partial charge in [-0.05, 0) is 52.8 Å². The van der Waals surface area contributed by atoms with Crippen molar-refractivity contribution in [1.29, 1.82) is 0 Å². The third-order valence-electron chi connectivity index (χ3n) is 3.31. The van der Waals surface area contributed by atoms with E-state index in [1.165, 1.54) is 12.1 Å². The molecular weight excluding hydrogens is 410 g/mol. The zero-order chi connectivity index (χ0) is 16.4. The Bertz CT molecular complexity index is 750. The van der Waals surface area contributed by atoms with E-state index in [0.29, 0.717) is 3.57 Å². The Hall–Kier alpha value is -1.64. The molecule has 0 fully saturated rings. The van der Waals surface area contributed by atoms with Crippen LogP contribution in [0.25, 0.3) is 0 Å². The van der Waals surface area contributed by atoms with Crippen LogP contribution in [0.1, 0.15) is 23.6 Å². The average Bonchev–Trinajstić information content (AvgIpc) is 2.45. The van der Waals surface area contributed by atoms with Crippen molar-refractivity contribution in [3.8, 4) is 0 Å². The third-order valence-corrected chi connectivity index (χ3v) is 3.98. The first-order valence-electron chi connectivity index (χ1n) is 6.43. The minimum Gasteiger partial charge on any atom is -0.258 e. The molecule has 22 heavy (non-hydrogen) atoms. The smallest absolute Gasteiger partial charge is 0.258 e. The molecule has 0 unspecified atom stereocenters. The van der Waals surface area contributed by atoms with E-state index in [1.807, 2.05) is 22.6 Å². The van der Waals surface area contributed by atoms with Crippen LogP contribution in [0.15, 0.2) is 24.3 Å². The van der Waals surface area contributed by atoms with E-state index >= 15 is 0 Å². The van der Waals surface area contributed by atoms with Crippen LogP contribution < -0.4 is 0 Å². The molecule has 0 amide bonds. The Kier molecular flexibility index (Phi) is 5.05. The van der Waals surface area contributed by atoms with Crippen LogP contribution in [0.5, 0.6) is 0 Å². The minimum absolute atomic E-state index is 0.0788. The lowest BCUT2D eigenvalue weighted by Gasteiger charge is -2.10. The first-order chi connectivity index (χ1) is 10.3. The fourth-order valence-corrected chi connectivity index (χ4v) is 2.69. The molecule has 2 aromatic carbocycles. The Morgan fingerprint density at radius 1 is 1.14 bits per heavy atom. The van der Waals surface area contributed by atoms with Gasteiger partial charge in [-0.25, -0.2) is 13.2 Å². The molecule has 0 radical (unpaired) electrons. The van der Waals surface area contributed by atoms with Crippen molar-refractivity contribution in [3.63, 3.8) is 0 Å². The summed E-state index contributed by atoms with van der Waals surface area (Å²) in [6, 6.07) is 5.07. The Labute approximate surface area is 138 Å². The quantitative estimate of drug-likeness (QED) is 0.406. The lowest BCUT2D eigenvalue weighted by molar-refractivity contribution is -0.386. The van der Waals surface area contributed by atoms with E-state index < -0.39 is 33.6 Å². The first-order valence-corrected chi connectivity index (χ1v) is 7.51. The summed E-state index contributed by atoms with van der Waals surface area (Å²) in [6.07, 6.45) is -0.203. The Morgan fingerprint density at radius 2 is 1.82 bits per heavy atom. The van der Waals surface area contributed by atoms with Gasteiger partial charge in [0.25, 0.3) is 5.69 Å². The number of nitro benzene ring substituents is 1. The van der Waals surface area contributed by atoms with Crippen LogP contribution >= 0.6 is 22.6 Å². The molecule has 0 spiro atoms. The summed E-state index contributed by atoms with van der Waals surface area (Å²) in [4.78, 5) is 10.5.